The fourth-order valence-corrected chi connectivity index (χ4v) is 2.95. The lowest BCUT2D eigenvalue weighted by Crippen LogP contribution is -2.41. The number of hydrogen-bond donors (Lipinski definition) is 3. The van der Waals surface area contributed by atoms with E-state index in [2.05, 4.69) is 35.9 Å². The van der Waals surface area contributed by atoms with Gasteiger partial charge in [-0.1, -0.05) is 12.1 Å². The van der Waals surface area contributed by atoms with Crippen molar-refractivity contribution in [3.05, 3.63) is 75.7 Å². The maximum Gasteiger partial charge on any atom is 0.253 e. The molecule has 2 heterocycles. The zero-order valence-electron chi connectivity index (χ0n) is 17.3. The van der Waals surface area contributed by atoms with Gasteiger partial charge >= 0.3 is 0 Å². The normalized spacial score (nSPS) is 11.3. The summed E-state index contributed by atoms with van der Waals surface area (Å²) in [4.78, 5) is 40.6. The average Bonchev–Trinajstić information content (AvgIpc) is 2.76. The van der Waals surface area contributed by atoms with E-state index in [0.29, 0.717) is 11.8 Å². The third kappa shape index (κ3) is 4.55. The van der Waals surface area contributed by atoms with Crippen LogP contribution in [-0.2, 0) is 0 Å². The Hall–Kier alpha value is -4.14. The van der Waals surface area contributed by atoms with Crippen LogP contribution in [0.1, 0.15) is 20.8 Å². The highest BCUT2D eigenvalue weighted by Crippen LogP contribution is 2.24. The minimum Gasteiger partial charge on any atom is -0.375 e. The van der Waals surface area contributed by atoms with Crippen LogP contribution in [0.5, 0.6) is 0 Å². The number of hydrogen-bond acceptors (Lipinski definition) is 9. The Kier molecular flexibility index (Phi) is 5.16. The lowest BCUT2D eigenvalue weighted by atomic mass is 10.1. The predicted octanol–water partition coefficient (Wildman–Crippen LogP) is 3.23. The van der Waals surface area contributed by atoms with Crippen molar-refractivity contribution in [1.29, 1.82) is 0 Å². The summed E-state index contributed by atoms with van der Waals surface area (Å²) in [6, 6.07) is 9.30. The highest BCUT2D eigenvalue weighted by Gasteiger charge is 2.25. The first kappa shape index (κ1) is 20.1. The minimum absolute atomic E-state index is 0.207. The monoisotopic (exact) mass is 415 g/mol. The van der Waals surface area contributed by atoms with Crippen LogP contribution in [0.15, 0.2) is 64.8 Å². The van der Waals surface area contributed by atoms with E-state index in [-0.39, 0.29) is 16.9 Å². The molecule has 9 heteroatoms. The molecule has 0 aliphatic heterocycles. The highest BCUT2D eigenvalue weighted by molar-refractivity contribution is 5.78. The van der Waals surface area contributed by atoms with Crippen LogP contribution in [0.2, 0.25) is 0 Å². The standard InChI is InChI=1S/C22H21N7O2/c1-22(2,3)29-18-17(19(30)20(18)31)27-16-8-9-25-21(28-16)26-15-6-4-13(5-7-15)14-10-23-12-24-11-14/h4-12,29H,1-3H3,(H2,25,26,27,28). The van der Waals surface area contributed by atoms with Crippen LogP contribution in [0, 0.1) is 0 Å². The molecule has 4 rings (SSSR count). The van der Waals surface area contributed by atoms with Gasteiger partial charge in [-0.05, 0) is 44.5 Å². The summed E-state index contributed by atoms with van der Waals surface area (Å²) in [7, 11) is 0. The zero-order valence-corrected chi connectivity index (χ0v) is 17.3. The molecule has 0 aliphatic carbocycles. The van der Waals surface area contributed by atoms with E-state index in [9.17, 15) is 9.59 Å². The fraction of sp³-hybridized carbons (Fsp3) is 0.182. The number of rotatable bonds is 6. The highest BCUT2D eigenvalue weighted by atomic mass is 16.2. The molecule has 4 aromatic rings. The molecule has 0 unspecified atom stereocenters. The first-order valence-electron chi connectivity index (χ1n) is 9.64. The molecule has 2 aromatic heterocycles. The summed E-state index contributed by atoms with van der Waals surface area (Å²) in [6.07, 6.45) is 6.55. The molecule has 0 atom stereocenters. The molecule has 9 nitrogen and oxygen atoms in total. The fourth-order valence-electron chi connectivity index (χ4n) is 2.95. The average molecular weight is 415 g/mol. The number of anilines is 5. The van der Waals surface area contributed by atoms with Gasteiger partial charge in [-0.3, -0.25) is 9.59 Å². The van der Waals surface area contributed by atoms with E-state index in [0.717, 1.165) is 16.8 Å². The lowest BCUT2D eigenvalue weighted by Gasteiger charge is -2.24. The molecule has 2 aromatic carbocycles. The molecule has 0 saturated heterocycles. The van der Waals surface area contributed by atoms with Crippen molar-refractivity contribution in [3.63, 3.8) is 0 Å². The van der Waals surface area contributed by atoms with Gasteiger partial charge in [-0.15, -0.1) is 0 Å². The van der Waals surface area contributed by atoms with Crippen molar-refractivity contribution < 1.29 is 0 Å². The summed E-state index contributed by atoms with van der Waals surface area (Å²) in [5.74, 6) is 0.754. The van der Waals surface area contributed by atoms with Crippen LogP contribution < -0.4 is 26.8 Å². The molecule has 0 amide bonds. The van der Waals surface area contributed by atoms with E-state index in [1.54, 1.807) is 24.7 Å². The van der Waals surface area contributed by atoms with Gasteiger partial charge in [0.2, 0.25) is 5.95 Å². The van der Waals surface area contributed by atoms with Crippen LogP contribution in [0.25, 0.3) is 11.1 Å². The second-order valence-corrected chi connectivity index (χ2v) is 8.00. The van der Waals surface area contributed by atoms with Gasteiger partial charge in [0.15, 0.2) is 0 Å². The van der Waals surface area contributed by atoms with Crippen molar-refractivity contribution in [1.82, 2.24) is 19.9 Å². The maximum atomic E-state index is 12.0. The molecular formula is C22H21N7O2. The lowest BCUT2D eigenvalue weighted by molar-refractivity contribution is 0.632. The minimum atomic E-state index is -0.569. The Morgan fingerprint density at radius 1 is 0.806 bits per heavy atom. The molecule has 0 saturated carbocycles. The third-order valence-corrected chi connectivity index (χ3v) is 4.35. The number of nitrogens with zero attached hydrogens (tertiary/aromatic N) is 4. The molecule has 0 bridgehead atoms. The summed E-state index contributed by atoms with van der Waals surface area (Å²) in [5, 5.41) is 9.11. The Morgan fingerprint density at radius 3 is 2.16 bits per heavy atom. The molecule has 156 valence electrons. The number of aromatic nitrogens is 4. The smallest absolute Gasteiger partial charge is 0.253 e. The Bertz CT molecular complexity index is 1270. The first-order valence-corrected chi connectivity index (χ1v) is 9.64. The second-order valence-electron chi connectivity index (χ2n) is 8.00. The third-order valence-electron chi connectivity index (χ3n) is 4.35. The van der Waals surface area contributed by atoms with Gasteiger partial charge < -0.3 is 16.0 Å². The second kappa shape index (κ2) is 7.94. The van der Waals surface area contributed by atoms with Gasteiger partial charge in [-0.25, -0.2) is 15.0 Å². The van der Waals surface area contributed by atoms with Crippen LogP contribution in [-0.4, -0.2) is 25.5 Å². The number of benzene rings is 1. The summed E-state index contributed by atoms with van der Waals surface area (Å²) >= 11 is 0. The van der Waals surface area contributed by atoms with E-state index in [4.69, 9.17) is 0 Å². The van der Waals surface area contributed by atoms with Gasteiger partial charge in [0.05, 0.1) is 0 Å². The maximum absolute atomic E-state index is 12.0. The van der Waals surface area contributed by atoms with Crippen molar-refractivity contribution in [3.8, 4) is 11.1 Å². The van der Waals surface area contributed by atoms with Crippen molar-refractivity contribution >= 4 is 28.8 Å². The van der Waals surface area contributed by atoms with E-state index in [1.165, 1.54) is 6.33 Å². The zero-order chi connectivity index (χ0) is 22.0. The Morgan fingerprint density at radius 2 is 1.48 bits per heavy atom. The number of nitrogens with one attached hydrogen (secondary N) is 3. The van der Waals surface area contributed by atoms with Gasteiger partial charge in [-0.2, -0.15) is 4.98 Å². The largest absolute Gasteiger partial charge is 0.375 e. The van der Waals surface area contributed by atoms with Crippen LogP contribution in [0.3, 0.4) is 0 Å². The molecule has 0 fully saturated rings. The molecule has 0 radical (unpaired) electrons. The summed E-state index contributed by atoms with van der Waals surface area (Å²) < 4.78 is 0. The Labute approximate surface area is 178 Å². The van der Waals surface area contributed by atoms with Crippen LogP contribution >= 0.6 is 0 Å². The summed E-state index contributed by atoms with van der Waals surface area (Å²) in [5.41, 5.74) is 1.72. The van der Waals surface area contributed by atoms with E-state index >= 15 is 0 Å². The van der Waals surface area contributed by atoms with Crippen molar-refractivity contribution in [2.75, 3.05) is 16.0 Å². The quantitative estimate of drug-likeness (QED) is 0.407. The molecule has 31 heavy (non-hydrogen) atoms. The van der Waals surface area contributed by atoms with Crippen molar-refractivity contribution in [2.45, 2.75) is 26.3 Å². The summed E-state index contributed by atoms with van der Waals surface area (Å²) in [6.45, 7) is 5.74. The van der Waals surface area contributed by atoms with Gasteiger partial charge in [0.25, 0.3) is 10.9 Å². The molecule has 3 N–H and O–H groups in total. The SMILES string of the molecule is CC(C)(C)Nc1c(Nc2ccnc(Nc3ccc(-c4cncnc4)cc3)n2)c(=O)c1=O. The Balaban J connectivity index is 1.49. The molecule has 0 spiro atoms. The first-order chi connectivity index (χ1) is 14.8. The van der Waals surface area contributed by atoms with Gasteiger partial charge in [0.1, 0.15) is 23.5 Å². The van der Waals surface area contributed by atoms with Crippen molar-refractivity contribution in [2.24, 2.45) is 0 Å². The topological polar surface area (TPSA) is 122 Å². The van der Waals surface area contributed by atoms with E-state index < -0.39 is 10.9 Å². The molecular weight excluding hydrogens is 394 g/mol. The molecule has 0 aliphatic rings. The van der Waals surface area contributed by atoms with Crippen LogP contribution in [0.4, 0.5) is 28.8 Å². The van der Waals surface area contributed by atoms with Gasteiger partial charge in [0, 0.05) is 35.4 Å². The predicted molar refractivity (Wildman–Crippen MR) is 121 cm³/mol. The van der Waals surface area contributed by atoms with E-state index in [1.807, 2.05) is 45.0 Å².